The van der Waals surface area contributed by atoms with Crippen molar-refractivity contribution in [3.8, 4) is 0 Å². The lowest BCUT2D eigenvalue weighted by molar-refractivity contribution is -0.0349. The monoisotopic (exact) mass is 348 g/mol. The number of nitrogens with zero attached hydrogens (tertiary/aromatic N) is 2. The Morgan fingerprint density at radius 2 is 2.24 bits per heavy atom. The molecule has 0 spiro atoms. The number of carbonyl (C=O) groups excluding carboxylic acids is 1. The zero-order valence-electron chi connectivity index (χ0n) is 14.3. The van der Waals surface area contributed by atoms with Gasteiger partial charge in [0.05, 0.1) is 29.7 Å². The van der Waals surface area contributed by atoms with Crippen molar-refractivity contribution >= 4 is 16.9 Å². The number of H-pyrrole nitrogens is 1. The highest BCUT2D eigenvalue weighted by atomic mass is 16.5. The van der Waals surface area contributed by atoms with E-state index in [2.05, 4.69) is 15.3 Å². The SMILES string of the molecule is CO[C@@H]1CCOC[C@H]1NC(=O)c1cc(C)nc2c1c(=O)[nH]c(=O)n2C. The number of aryl methyl sites for hydroxylation is 2. The molecular weight excluding hydrogens is 328 g/mol. The van der Waals surface area contributed by atoms with Gasteiger partial charge >= 0.3 is 5.69 Å². The third-order valence-corrected chi connectivity index (χ3v) is 4.36. The van der Waals surface area contributed by atoms with Crippen molar-refractivity contribution in [2.24, 2.45) is 7.05 Å². The molecule has 2 N–H and O–H groups in total. The Kier molecular flexibility index (Phi) is 4.69. The summed E-state index contributed by atoms with van der Waals surface area (Å²) in [5, 5.41) is 2.94. The maximum atomic E-state index is 12.8. The van der Waals surface area contributed by atoms with Crippen LogP contribution in [0.15, 0.2) is 15.7 Å². The largest absolute Gasteiger partial charge is 0.379 e. The maximum absolute atomic E-state index is 12.8. The zero-order chi connectivity index (χ0) is 18.1. The number of amides is 1. The Morgan fingerprint density at radius 3 is 2.96 bits per heavy atom. The average Bonchev–Trinajstić information content (AvgIpc) is 2.59. The fraction of sp³-hybridized carbons (Fsp3) is 0.500. The second kappa shape index (κ2) is 6.77. The molecule has 9 heteroatoms. The van der Waals surface area contributed by atoms with Crippen LogP contribution in [-0.2, 0) is 16.5 Å². The molecule has 1 saturated heterocycles. The smallest absolute Gasteiger partial charge is 0.329 e. The number of fused-ring (bicyclic) bond motifs is 1. The van der Waals surface area contributed by atoms with Crippen LogP contribution in [0, 0.1) is 6.92 Å². The summed E-state index contributed by atoms with van der Waals surface area (Å²) < 4.78 is 12.0. The van der Waals surface area contributed by atoms with E-state index >= 15 is 0 Å². The lowest BCUT2D eigenvalue weighted by Crippen LogP contribution is -2.50. The van der Waals surface area contributed by atoms with Gasteiger partial charge in [-0.1, -0.05) is 0 Å². The Labute approximate surface area is 143 Å². The third-order valence-electron chi connectivity index (χ3n) is 4.36. The summed E-state index contributed by atoms with van der Waals surface area (Å²) in [6, 6.07) is 1.21. The Bertz CT molecular complexity index is 932. The summed E-state index contributed by atoms with van der Waals surface area (Å²) in [5.74, 6) is -0.433. The van der Waals surface area contributed by atoms with Crippen LogP contribution in [0.5, 0.6) is 0 Å². The molecule has 3 heterocycles. The summed E-state index contributed by atoms with van der Waals surface area (Å²) >= 11 is 0. The highest BCUT2D eigenvalue weighted by Crippen LogP contribution is 2.16. The van der Waals surface area contributed by atoms with Crippen molar-refractivity contribution in [1.29, 1.82) is 0 Å². The summed E-state index contributed by atoms with van der Waals surface area (Å²) in [6.07, 6.45) is 0.515. The molecule has 3 rings (SSSR count). The van der Waals surface area contributed by atoms with E-state index in [0.717, 1.165) is 0 Å². The van der Waals surface area contributed by atoms with E-state index in [1.165, 1.54) is 17.7 Å². The second-order valence-electron chi connectivity index (χ2n) is 6.05. The predicted molar refractivity (Wildman–Crippen MR) is 89.8 cm³/mol. The number of nitrogens with one attached hydrogen (secondary N) is 2. The lowest BCUT2D eigenvalue weighted by atomic mass is 10.0. The Morgan fingerprint density at radius 1 is 1.48 bits per heavy atom. The van der Waals surface area contributed by atoms with Gasteiger partial charge in [0, 0.05) is 26.5 Å². The van der Waals surface area contributed by atoms with Gasteiger partial charge in [-0.15, -0.1) is 0 Å². The Hall–Kier alpha value is -2.52. The van der Waals surface area contributed by atoms with Gasteiger partial charge in [-0.2, -0.15) is 0 Å². The van der Waals surface area contributed by atoms with Gasteiger partial charge < -0.3 is 14.8 Å². The second-order valence-corrected chi connectivity index (χ2v) is 6.05. The van der Waals surface area contributed by atoms with Crippen LogP contribution < -0.4 is 16.6 Å². The highest BCUT2D eigenvalue weighted by molar-refractivity contribution is 6.05. The Balaban J connectivity index is 2.06. The number of rotatable bonds is 3. The molecule has 9 nitrogen and oxygen atoms in total. The molecule has 0 saturated carbocycles. The summed E-state index contributed by atoms with van der Waals surface area (Å²) in [4.78, 5) is 43.3. The molecule has 25 heavy (non-hydrogen) atoms. The average molecular weight is 348 g/mol. The van der Waals surface area contributed by atoms with Gasteiger partial charge in [0.2, 0.25) is 0 Å². The van der Waals surface area contributed by atoms with Crippen molar-refractivity contribution in [1.82, 2.24) is 19.9 Å². The van der Waals surface area contributed by atoms with Gasteiger partial charge in [0.25, 0.3) is 11.5 Å². The molecule has 0 unspecified atom stereocenters. The van der Waals surface area contributed by atoms with Crippen LogP contribution in [0.3, 0.4) is 0 Å². The molecule has 1 amide bonds. The molecule has 2 atom stereocenters. The first kappa shape index (κ1) is 17.3. The molecule has 2 aromatic rings. The molecule has 2 aromatic heterocycles. The number of aromatic amines is 1. The van der Waals surface area contributed by atoms with Crippen molar-refractivity contribution in [3.05, 3.63) is 38.2 Å². The van der Waals surface area contributed by atoms with Gasteiger partial charge in [-0.05, 0) is 19.4 Å². The van der Waals surface area contributed by atoms with Crippen LogP contribution >= 0.6 is 0 Å². The van der Waals surface area contributed by atoms with E-state index in [4.69, 9.17) is 9.47 Å². The van der Waals surface area contributed by atoms with E-state index in [9.17, 15) is 14.4 Å². The summed E-state index contributed by atoms with van der Waals surface area (Å²) in [5.41, 5.74) is -0.357. The highest BCUT2D eigenvalue weighted by Gasteiger charge is 2.28. The zero-order valence-corrected chi connectivity index (χ0v) is 14.3. The minimum absolute atomic E-state index is 0.0795. The normalized spacial score (nSPS) is 20.6. The van der Waals surface area contributed by atoms with Gasteiger partial charge in [0.15, 0.2) is 0 Å². The van der Waals surface area contributed by atoms with Crippen LogP contribution in [0.4, 0.5) is 0 Å². The van der Waals surface area contributed by atoms with Crippen LogP contribution in [-0.4, -0.2) is 52.9 Å². The first-order valence-electron chi connectivity index (χ1n) is 7.94. The fourth-order valence-corrected chi connectivity index (χ4v) is 3.02. The van der Waals surface area contributed by atoms with E-state index in [1.807, 2.05) is 0 Å². The van der Waals surface area contributed by atoms with Gasteiger partial charge in [0.1, 0.15) is 5.65 Å². The molecule has 1 aliphatic heterocycles. The number of methoxy groups -OCH3 is 1. The minimum Gasteiger partial charge on any atom is -0.379 e. The molecule has 134 valence electrons. The molecule has 0 bridgehead atoms. The van der Waals surface area contributed by atoms with Crippen molar-refractivity contribution in [2.75, 3.05) is 20.3 Å². The van der Waals surface area contributed by atoms with E-state index < -0.39 is 17.2 Å². The standard InChI is InChI=1S/C16H20N4O5/c1-8-6-9(12-13(17-8)20(2)16(23)19-15(12)22)14(21)18-10-7-25-5-4-11(10)24-3/h6,10-11H,4-5,7H2,1-3H3,(H,18,21)(H,19,22,23)/t10-,11-/m1/s1. The van der Waals surface area contributed by atoms with Crippen molar-refractivity contribution in [2.45, 2.75) is 25.5 Å². The number of carbonyl (C=O) groups is 1. The van der Waals surface area contributed by atoms with Crippen LogP contribution in [0.1, 0.15) is 22.5 Å². The van der Waals surface area contributed by atoms with Crippen molar-refractivity contribution < 1.29 is 14.3 Å². The first-order valence-corrected chi connectivity index (χ1v) is 7.94. The molecular formula is C16H20N4O5. The molecule has 1 aliphatic rings. The number of hydrogen-bond donors (Lipinski definition) is 2. The topological polar surface area (TPSA) is 115 Å². The molecule has 0 aromatic carbocycles. The number of ether oxygens (including phenoxy) is 2. The van der Waals surface area contributed by atoms with E-state index in [1.54, 1.807) is 14.0 Å². The first-order chi connectivity index (χ1) is 11.9. The predicted octanol–water partition coefficient (Wildman–Crippen LogP) is -0.536. The van der Waals surface area contributed by atoms with E-state index in [-0.39, 0.29) is 28.7 Å². The number of aromatic nitrogens is 3. The van der Waals surface area contributed by atoms with Gasteiger partial charge in [-0.3, -0.25) is 19.1 Å². The van der Waals surface area contributed by atoms with Crippen LogP contribution in [0.2, 0.25) is 0 Å². The summed E-state index contributed by atoms with van der Waals surface area (Å²) in [6.45, 7) is 2.61. The maximum Gasteiger partial charge on any atom is 0.329 e. The molecule has 1 fully saturated rings. The number of hydrogen-bond acceptors (Lipinski definition) is 6. The van der Waals surface area contributed by atoms with E-state index in [0.29, 0.717) is 25.3 Å². The molecule has 0 aliphatic carbocycles. The fourth-order valence-electron chi connectivity index (χ4n) is 3.02. The minimum atomic E-state index is -0.640. The summed E-state index contributed by atoms with van der Waals surface area (Å²) in [7, 11) is 3.08. The third kappa shape index (κ3) is 3.20. The van der Waals surface area contributed by atoms with Crippen LogP contribution in [0.25, 0.3) is 11.0 Å². The lowest BCUT2D eigenvalue weighted by Gasteiger charge is -2.31. The van der Waals surface area contributed by atoms with Crippen molar-refractivity contribution in [3.63, 3.8) is 0 Å². The number of pyridine rings is 1. The van der Waals surface area contributed by atoms with Gasteiger partial charge in [-0.25, -0.2) is 9.78 Å². The quantitative estimate of drug-likeness (QED) is 0.770. The molecule has 0 radical (unpaired) electrons.